The molecule has 0 saturated carbocycles. The van der Waals surface area contributed by atoms with Gasteiger partial charge in [-0.25, -0.2) is 0 Å². The lowest BCUT2D eigenvalue weighted by Crippen LogP contribution is -2.24. The highest BCUT2D eigenvalue weighted by molar-refractivity contribution is 5.15. The molecule has 1 aliphatic heterocycles. The van der Waals surface area contributed by atoms with Crippen LogP contribution in [0.25, 0.3) is 0 Å². The summed E-state index contributed by atoms with van der Waals surface area (Å²) in [7, 11) is 0. The molecule has 1 saturated heterocycles. The van der Waals surface area contributed by atoms with Crippen molar-refractivity contribution < 1.29 is 4.74 Å². The molecular formula is C8H14N4O. The predicted octanol–water partition coefficient (Wildman–Crippen LogP) is 0.527. The van der Waals surface area contributed by atoms with Crippen molar-refractivity contribution >= 4 is 5.95 Å². The number of nitrogens with two attached hydrogens (primary N) is 1. The van der Waals surface area contributed by atoms with Crippen molar-refractivity contribution in [1.82, 2.24) is 15.2 Å². The molecule has 0 bridgehead atoms. The van der Waals surface area contributed by atoms with E-state index in [-0.39, 0.29) is 0 Å². The highest BCUT2D eigenvalue weighted by atomic mass is 16.5. The predicted molar refractivity (Wildman–Crippen MR) is 48.1 cm³/mol. The molecule has 0 amide bonds. The Hall–Kier alpha value is -1.10. The van der Waals surface area contributed by atoms with Gasteiger partial charge in [0.05, 0.1) is 0 Å². The van der Waals surface area contributed by atoms with Gasteiger partial charge in [0.1, 0.15) is 5.82 Å². The van der Waals surface area contributed by atoms with Crippen molar-refractivity contribution in [1.29, 1.82) is 0 Å². The Morgan fingerprint density at radius 3 is 3.08 bits per heavy atom. The number of nitrogens with one attached hydrogen (secondary N) is 1. The van der Waals surface area contributed by atoms with E-state index in [1.165, 1.54) is 0 Å². The van der Waals surface area contributed by atoms with Gasteiger partial charge in [0, 0.05) is 19.1 Å². The summed E-state index contributed by atoms with van der Waals surface area (Å²) in [5.74, 6) is 2.13. The van der Waals surface area contributed by atoms with Gasteiger partial charge in [0.2, 0.25) is 5.95 Å². The summed E-state index contributed by atoms with van der Waals surface area (Å²) >= 11 is 0. The zero-order valence-corrected chi connectivity index (χ0v) is 7.66. The summed E-state index contributed by atoms with van der Waals surface area (Å²) in [5, 5.41) is 6.69. The quantitative estimate of drug-likeness (QED) is 0.664. The maximum Gasteiger partial charge on any atom is 0.239 e. The number of ether oxygens (including phenoxy) is 1. The van der Waals surface area contributed by atoms with Gasteiger partial charge >= 0.3 is 0 Å². The highest BCUT2D eigenvalue weighted by Gasteiger charge is 2.25. The van der Waals surface area contributed by atoms with E-state index in [9.17, 15) is 0 Å². The fourth-order valence-electron chi connectivity index (χ4n) is 1.74. The van der Waals surface area contributed by atoms with Crippen LogP contribution < -0.4 is 5.73 Å². The van der Waals surface area contributed by atoms with E-state index in [4.69, 9.17) is 10.5 Å². The minimum absolute atomic E-state index is 0.327. The van der Waals surface area contributed by atoms with Gasteiger partial charge in [-0.1, -0.05) is 6.92 Å². The lowest BCUT2D eigenvalue weighted by Gasteiger charge is -2.26. The number of anilines is 1. The molecule has 5 nitrogen and oxygen atoms in total. The fourth-order valence-corrected chi connectivity index (χ4v) is 1.74. The maximum atomic E-state index is 5.45. The second-order valence-corrected chi connectivity index (χ2v) is 3.53. The minimum Gasteiger partial charge on any atom is -0.381 e. The normalized spacial score (nSPS) is 29.0. The molecule has 5 heteroatoms. The number of H-pyrrole nitrogens is 1. The number of nitrogens with zero attached hydrogens (tertiary/aromatic N) is 2. The Bertz CT molecular complexity index is 285. The molecular weight excluding hydrogens is 168 g/mol. The van der Waals surface area contributed by atoms with Crippen molar-refractivity contribution in [3.8, 4) is 0 Å². The molecule has 72 valence electrons. The molecule has 1 aliphatic rings. The molecule has 0 spiro atoms. The smallest absolute Gasteiger partial charge is 0.239 e. The standard InChI is InChI=1S/C8H14N4O/c1-5-4-13-3-2-6(5)7-10-8(9)12-11-7/h5-6H,2-4H2,1H3,(H3,9,10,11,12). The van der Waals surface area contributed by atoms with Crippen molar-refractivity contribution in [2.45, 2.75) is 19.3 Å². The monoisotopic (exact) mass is 182 g/mol. The summed E-state index contributed by atoms with van der Waals surface area (Å²) < 4.78 is 5.35. The van der Waals surface area contributed by atoms with Gasteiger partial charge in [0.15, 0.2) is 0 Å². The first-order valence-electron chi connectivity index (χ1n) is 4.53. The van der Waals surface area contributed by atoms with E-state index in [1.54, 1.807) is 0 Å². The van der Waals surface area contributed by atoms with Crippen molar-refractivity contribution in [3.63, 3.8) is 0 Å². The van der Waals surface area contributed by atoms with Crippen molar-refractivity contribution in [2.24, 2.45) is 5.92 Å². The summed E-state index contributed by atoms with van der Waals surface area (Å²) in [6, 6.07) is 0. The van der Waals surface area contributed by atoms with Crippen LogP contribution >= 0.6 is 0 Å². The molecule has 0 aliphatic carbocycles. The summed E-state index contributed by atoms with van der Waals surface area (Å²) in [4.78, 5) is 4.14. The lowest BCUT2D eigenvalue weighted by atomic mass is 9.89. The molecule has 2 heterocycles. The molecule has 0 aromatic carbocycles. The topological polar surface area (TPSA) is 76.8 Å². The van der Waals surface area contributed by atoms with Crippen LogP contribution in [0.3, 0.4) is 0 Å². The molecule has 2 unspecified atom stereocenters. The number of rotatable bonds is 1. The van der Waals surface area contributed by atoms with E-state index in [1.807, 2.05) is 0 Å². The first kappa shape index (κ1) is 8.50. The van der Waals surface area contributed by atoms with Gasteiger partial charge in [-0.3, -0.25) is 5.10 Å². The van der Waals surface area contributed by atoms with Crippen molar-refractivity contribution in [3.05, 3.63) is 5.82 Å². The van der Waals surface area contributed by atoms with Gasteiger partial charge in [-0.15, -0.1) is 5.10 Å². The first-order valence-corrected chi connectivity index (χ1v) is 4.53. The minimum atomic E-state index is 0.327. The van der Waals surface area contributed by atoms with Crippen LogP contribution in [0.1, 0.15) is 25.1 Å². The summed E-state index contributed by atoms with van der Waals surface area (Å²) in [6.45, 7) is 3.75. The Kier molecular flexibility index (Phi) is 2.18. The summed E-state index contributed by atoms with van der Waals surface area (Å²) in [5.41, 5.74) is 5.45. The van der Waals surface area contributed by atoms with E-state index < -0.39 is 0 Å². The van der Waals surface area contributed by atoms with Gasteiger partial charge < -0.3 is 10.5 Å². The third-order valence-corrected chi connectivity index (χ3v) is 2.51. The second-order valence-electron chi connectivity index (χ2n) is 3.53. The number of hydrogen-bond acceptors (Lipinski definition) is 4. The van der Waals surface area contributed by atoms with Crippen molar-refractivity contribution in [2.75, 3.05) is 18.9 Å². The number of aromatic nitrogens is 3. The molecule has 13 heavy (non-hydrogen) atoms. The van der Waals surface area contributed by atoms with Crippen LogP contribution in [0, 0.1) is 5.92 Å². The van der Waals surface area contributed by atoms with Crippen LogP contribution in [0.15, 0.2) is 0 Å². The molecule has 2 rings (SSSR count). The zero-order valence-electron chi connectivity index (χ0n) is 7.66. The van der Waals surface area contributed by atoms with Gasteiger partial charge in [-0.2, -0.15) is 4.98 Å². The van der Waals surface area contributed by atoms with E-state index >= 15 is 0 Å². The van der Waals surface area contributed by atoms with Crippen LogP contribution in [0.4, 0.5) is 5.95 Å². The molecule has 2 atom stereocenters. The van der Waals surface area contributed by atoms with Gasteiger partial charge in [0.25, 0.3) is 0 Å². The molecule has 0 radical (unpaired) electrons. The van der Waals surface area contributed by atoms with Gasteiger partial charge in [-0.05, 0) is 12.3 Å². The number of nitrogen functional groups attached to an aromatic ring is 1. The van der Waals surface area contributed by atoms with E-state index in [2.05, 4.69) is 22.1 Å². The first-order chi connectivity index (χ1) is 6.27. The third kappa shape index (κ3) is 1.65. The average Bonchev–Trinajstić information content (AvgIpc) is 2.53. The Labute approximate surface area is 76.7 Å². The largest absolute Gasteiger partial charge is 0.381 e. The number of hydrogen-bond donors (Lipinski definition) is 2. The SMILES string of the molecule is CC1COCCC1c1nc(N)n[nH]1. The number of aromatic amines is 1. The van der Waals surface area contributed by atoms with Crippen LogP contribution in [-0.2, 0) is 4.74 Å². The van der Waals surface area contributed by atoms with E-state index in [0.29, 0.717) is 17.8 Å². The second kappa shape index (κ2) is 3.33. The lowest BCUT2D eigenvalue weighted by molar-refractivity contribution is 0.0453. The van der Waals surface area contributed by atoms with Crippen LogP contribution in [-0.4, -0.2) is 28.4 Å². The molecule has 1 aromatic rings. The Balaban J connectivity index is 2.14. The Morgan fingerprint density at radius 2 is 2.46 bits per heavy atom. The summed E-state index contributed by atoms with van der Waals surface area (Å²) in [6.07, 6.45) is 0.996. The third-order valence-electron chi connectivity index (χ3n) is 2.51. The molecule has 1 aromatic heterocycles. The molecule has 3 N–H and O–H groups in total. The van der Waals surface area contributed by atoms with E-state index in [0.717, 1.165) is 25.5 Å². The average molecular weight is 182 g/mol. The highest BCUT2D eigenvalue weighted by Crippen LogP contribution is 2.29. The fraction of sp³-hybridized carbons (Fsp3) is 0.750. The van der Waals surface area contributed by atoms with Crippen LogP contribution in [0.2, 0.25) is 0 Å². The zero-order chi connectivity index (χ0) is 9.26. The molecule has 1 fully saturated rings. The maximum absolute atomic E-state index is 5.45. The van der Waals surface area contributed by atoms with Crippen LogP contribution in [0.5, 0.6) is 0 Å². The Morgan fingerprint density at radius 1 is 1.62 bits per heavy atom.